The quantitative estimate of drug-likeness (QED) is 0.135. The van der Waals surface area contributed by atoms with Crippen molar-refractivity contribution in [1.82, 2.24) is 14.1 Å². The lowest BCUT2D eigenvalue weighted by atomic mass is 9.87. The highest BCUT2D eigenvalue weighted by molar-refractivity contribution is 6.27. The molecule has 0 radical (unpaired) electrons. The van der Waals surface area contributed by atoms with Crippen LogP contribution in [0.4, 0.5) is 0 Å². The molecule has 5 nitrogen and oxygen atoms in total. The van der Waals surface area contributed by atoms with Gasteiger partial charge in [-0.2, -0.15) is 10.5 Å². The van der Waals surface area contributed by atoms with Gasteiger partial charge in [0.1, 0.15) is 0 Å². The van der Waals surface area contributed by atoms with E-state index < -0.39 is 0 Å². The summed E-state index contributed by atoms with van der Waals surface area (Å²) in [4.78, 5) is 4.69. The molecule has 0 bridgehead atoms. The normalized spacial score (nSPS) is 11.8. The van der Waals surface area contributed by atoms with Gasteiger partial charge in [-0.25, -0.2) is 0 Å². The molecule has 0 aliphatic rings. The molecular formula is C115H67N5. The lowest BCUT2D eigenvalue weighted by Gasteiger charge is -2.16. The van der Waals surface area contributed by atoms with Crippen LogP contribution in [0.15, 0.2) is 407 Å². The minimum Gasteiger partial charge on any atom is -0.309 e. The van der Waals surface area contributed by atoms with Gasteiger partial charge < -0.3 is 9.13 Å². The zero-order valence-electron chi connectivity index (χ0n) is 64.9. The van der Waals surface area contributed by atoms with Gasteiger partial charge in [0, 0.05) is 50.1 Å². The number of nitriles is 2. The largest absolute Gasteiger partial charge is 0.309 e. The first kappa shape index (κ1) is 68.1. The maximum absolute atomic E-state index is 9.85. The molecule has 25 aromatic rings. The first-order valence-corrected chi connectivity index (χ1v) is 40.9. The summed E-state index contributed by atoms with van der Waals surface area (Å²) in [7, 11) is 0. The topological polar surface area (TPSA) is 70.3 Å². The van der Waals surface area contributed by atoms with E-state index in [1.807, 2.05) is 48.7 Å². The lowest BCUT2D eigenvalue weighted by Crippen LogP contribution is -1.93. The van der Waals surface area contributed by atoms with Gasteiger partial charge in [0.25, 0.3) is 0 Å². The number of rotatable bonds is 9. The van der Waals surface area contributed by atoms with Crippen LogP contribution in [0.2, 0.25) is 0 Å². The first-order valence-electron chi connectivity index (χ1n) is 40.9. The van der Waals surface area contributed by atoms with E-state index in [1.165, 1.54) is 158 Å². The highest BCUT2D eigenvalue weighted by atomic mass is 15.0. The fraction of sp³-hybridized carbons (Fsp3) is 0. The molecule has 120 heavy (non-hydrogen) atoms. The van der Waals surface area contributed by atoms with Crippen LogP contribution in [0.1, 0.15) is 11.1 Å². The minimum absolute atomic E-state index is 0.658. The van der Waals surface area contributed by atoms with Gasteiger partial charge in [0.2, 0.25) is 0 Å². The molecule has 0 fully saturated rings. The summed E-state index contributed by atoms with van der Waals surface area (Å²) in [6.07, 6.45) is 1.87. The van der Waals surface area contributed by atoms with Crippen molar-refractivity contribution < 1.29 is 0 Å². The van der Waals surface area contributed by atoms with E-state index in [4.69, 9.17) is 0 Å². The van der Waals surface area contributed by atoms with Crippen LogP contribution in [0.3, 0.4) is 0 Å². The summed E-state index contributed by atoms with van der Waals surface area (Å²) in [6.45, 7) is 0. The van der Waals surface area contributed by atoms with Crippen LogP contribution in [-0.4, -0.2) is 14.1 Å². The molecule has 0 aliphatic heterocycles. The molecule has 3 aromatic heterocycles. The molecule has 0 saturated heterocycles. The van der Waals surface area contributed by atoms with Crippen molar-refractivity contribution in [3.8, 4) is 101 Å². The van der Waals surface area contributed by atoms with Crippen molar-refractivity contribution in [2.45, 2.75) is 0 Å². The number of benzene rings is 22. The van der Waals surface area contributed by atoms with Crippen molar-refractivity contribution in [2.24, 2.45) is 0 Å². The molecule has 0 N–H and O–H groups in total. The Morgan fingerprint density at radius 3 is 0.958 bits per heavy atom. The Kier molecular flexibility index (Phi) is 15.4. The van der Waals surface area contributed by atoms with Crippen LogP contribution in [0.5, 0.6) is 0 Å². The molecule has 0 atom stereocenters. The number of hydrogen-bond donors (Lipinski definition) is 0. The average Bonchev–Trinajstić information content (AvgIpc) is 1.01. The highest BCUT2D eigenvalue weighted by Gasteiger charge is 2.22. The third kappa shape index (κ3) is 11.0. The second-order valence-electron chi connectivity index (χ2n) is 31.9. The Morgan fingerprint density at radius 1 is 0.192 bits per heavy atom. The van der Waals surface area contributed by atoms with Gasteiger partial charge in [-0.3, -0.25) is 4.98 Å². The number of fused-ring (bicyclic) bond motifs is 10. The highest BCUT2D eigenvalue weighted by Crippen LogP contribution is 2.48. The number of pyridine rings is 1. The van der Waals surface area contributed by atoms with Crippen LogP contribution in [0, 0.1) is 22.7 Å². The van der Waals surface area contributed by atoms with Crippen LogP contribution in [-0.2, 0) is 0 Å². The fourth-order valence-electron chi connectivity index (χ4n) is 19.7. The van der Waals surface area contributed by atoms with E-state index in [-0.39, 0.29) is 0 Å². The first-order chi connectivity index (χ1) is 59.3. The summed E-state index contributed by atoms with van der Waals surface area (Å²) in [5.74, 6) is 0. The molecule has 552 valence electrons. The van der Waals surface area contributed by atoms with E-state index in [0.717, 1.165) is 82.6 Å². The zero-order chi connectivity index (χ0) is 79.2. The van der Waals surface area contributed by atoms with E-state index in [1.54, 1.807) is 0 Å². The molecule has 5 heteroatoms. The second-order valence-corrected chi connectivity index (χ2v) is 31.9. The van der Waals surface area contributed by atoms with Crippen molar-refractivity contribution in [3.63, 3.8) is 0 Å². The molecule has 22 aromatic carbocycles. The SMILES string of the molecule is N#Cc1ccc2c(c1)c1cc(-c3ccc(-c4cc5ccc6cc(-c7ccc(-c8cccc9cccnc89)cc7)cc7ccc(c4)c5c67)c4ccccc34)ccc1n2-c1ccccc1.N#Cc1ccc2c(c1)c1cc(-c3ccc(-c4cc5ccc6cc(-c7ccc8ccccc8c7)cc7ccc(c4)c5c67)c4ccccc34)ccc1n2-c1ccccc1. The summed E-state index contributed by atoms with van der Waals surface area (Å²) < 4.78 is 4.60. The van der Waals surface area contributed by atoms with Crippen molar-refractivity contribution in [1.29, 1.82) is 10.5 Å². The van der Waals surface area contributed by atoms with Crippen molar-refractivity contribution in [3.05, 3.63) is 418 Å². The van der Waals surface area contributed by atoms with Crippen LogP contribution in [0.25, 0.3) is 241 Å². The molecular weight excluding hydrogens is 1450 g/mol. The second kappa shape index (κ2) is 27.2. The fourth-order valence-corrected chi connectivity index (χ4v) is 19.7. The van der Waals surface area contributed by atoms with E-state index >= 15 is 0 Å². The molecule has 0 unspecified atom stereocenters. The van der Waals surface area contributed by atoms with Gasteiger partial charge in [0.05, 0.1) is 50.8 Å². The Hall–Kier alpha value is -16.3. The monoisotopic (exact) mass is 1520 g/mol. The Bertz CT molecular complexity index is 8530. The molecule has 0 aliphatic carbocycles. The number of nitrogens with zero attached hydrogens (tertiary/aromatic N) is 5. The van der Waals surface area contributed by atoms with Gasteiger partial charge >= 0.3 is 0 Å². The van der Waals surface area contributed by atoms with Crippen LogP contribution < -0.4 is 0 Å². The van der Waals surface area contributed by atoms with Gasteiger partial charge in [-0.05, 0) is 315 Å². The summed E-state index contributed by atoms with van der Waals surface area (Å²) >= 11 is 0. The zero-order valence-corrected chi connectivity index (χ0v) is 64.9. The van der Waals surface area contributed by atoms with E-state index in [9.17, 15) is 10.5 Å². The van der Waals surface area contributed by atoms with Gasteiger partial charge in [-0.1, -0.05) is 255 Å². The number of aromatic nitrogens is 3. The summed E-state index contributed by atoms with van der Waals surface area (Å²) in [6, 6.07) is 150. The van der Waals surface area contributed by atoms with Crippen molar-refractivity contribution >= 4 is 151 Å². The Morgan fingerprint density at radius 2 is 0.517 bits per heavy atom. The van der Waals surface area contributed by atoms with E-state index in [2.05, 4.69) is 384 Å². The van der Waals surface area contributed by atoms with E-state index in [0.29, 0.717) is 11.1 Å². The molecule has 0 amide bonds. The number of para-hydroxylation sites is 3. The molecule has 3 heterocycles. The van der Waals surface area contributed by atoms with Crippen LogP contribution >= 0.6 is 0 Å². The smallest absolute Gasteiger partial charge is 0.0991 e. The van der Waals surface area contributed by atoms with Crippen molar-refractivity contribution in [2.75, 3.05) is 0 Å². The predicted molar refractivity (Wildman–Crippen MR) is 504 cm³/mol. The standard InChI is InChI=1S/C60H35N3.C55H32N2/c61-36-37-15-27-56-54(30-37)55-35-41(24-28-57(55)63(56)48-10-2-1-3-11-48)49-25-26-50(53-13-5-4-12-52(49)53)47-33-44-22-20-42-31-46(32-43-21-23-45(34-47)59(44)58(42)43)38-16-18-39(19-17-38)51-14-6-8-40-9-7-29-62-60(40)51;56-33-34-14-24-52-50(26-34)51-32-38(21-25-53(51)57(52)45-10-2-1-3-11-45)46-22-23-47(49-13-7-6-12-48(46)49)44-30-41-19-17-39-28-43(29-40-18-20-42(31-44)55(41)54(39)40)37-16-15-35-8-4-5-9-36(35)27-37/h1-35H;1-32H. The van der Waals surface area contributed by atoms with Gasteiger partial charge in [0.15, 0.2) is 0 Å². The lowest BCUT2D eigenvalue weighted by molar-refractivity contribution is 1.18. The average molecular weight is 1520 g/mol. The molecule has 0 spiro atoms. The summed E-state index contributed by atoms with van der Waals surface area (Å²) in [5.41, 5.74) is 25.7. The maximum Gasteiger partial charge on any atom is 0.0991 e. The third-order valence-electron chi connectivity index (χ3n) is 25.2. The van der Waals surface area contributed by atoms with Gasteiger partial charge in [-0.15, -0.1) is 0 Å². The number of hydrogen-bond acceptors (Lipinski definition) is 3. The maximum atomic E-state index is 9.85. The molecule has 0 saturated carbocycles. The Balaban J connectivity index is 0.000000137. The predicted octanol–water partition coefficient (Wildman–Crippen LogP) is 30.8. The molecule has 25 rings (SSSR count). The minimum atomic E-state index is 0.658. The summed E-state index contributed by atoms with van der Waals surface area (Å²) in [5, 5.41) is 47.9. The third-order valence-corrected chi connectivity index (χ3v) is 25.2. The Labute approximate surface area is 690 Å².